The van der Waals surface area contributed by atoms with Crippen LogP contribution in [0.25, 0.3) is 11.2 Å². The maximum absolute atomic E-state index is 11.8. The molecule has 1 saturated heterocycles. The van der Waals surface area contributed by atoms with E-state index in [4.69, 9.17) is 36.8 Å². The van der Waals surface area contributed by atoms with Crippen molar-refractivity contribution < 1.29 is 56.3 Å². The van der Waals surface area contributed by atoms with E-state index in [1.165, 1.54) is 10.9 Å². The number of ether oxygens (including phenoxy) is 1. The molecule has 5 unspecified atom stereocenters. The second-order valence-electron chi connectivity index (χ2n) is 6.02. The van der Waals surface area contributed by atoms with Crippen molar-refractivity contribution in [3.05, 3.63) is 11.6 Å². The van der Waals surface area contributed by atoms with Crippen molar-refractivity contribution in [1.82, 2.24) is 19.5 Å². The van der Waals surface area contributed by atoms with Gasteiger partial charge in [-0.1, -0.05) is 0 Å². The number of aliphatic hydroxyl groups is 1. The lowest BCUT2D eigenvalue weighted by atomic mass is 10.2. The Balaban J connectivity index is 1.66. The van der Waals surface area contributed by atoms with Gasteiger partial charge < -0.3 is 35.2 Å². The molecule has 1 fully saturated rings. The van der Waals surface area contributed by atoms with Crippen LogP contribution in [0.3, 0.4) is 0 Å². The topological polar surface area (TPSA) is 259 Å². The number of aromatic nitrogens is 4. The van der Waals surface area contributed by atoms with Gasteiger partial charge in [0.1, 0.15) is 17.8 Å². The number of phosphoric ester groups is 1. The number of fused-ring (bicyclic) bond motifs is 1. The summed E-state index contributed by atoms with van der Waals surface area (Å²) in [5.41, 5.74) is 6.13. The summed E-state index contributed by atoms with van der Waals surface area (Å²) in [7, 11) is -16.5. The summed E-state index contributed by atoms with van der Waals surface area (Å²) in [5.74, 6) is 0.0107. The van der Waals surface area contributed by atoms with Gasteiger partial charge in [0, 0.05) is 6.42 Å². The van der Waals surface area contributed by atoms with Crippen LogP contribution >= 0.6 is 35.1 Å². The van der Waals surface area contributed by atoms with Crippen LogP contribution in [0.5, 0.6) is 0 Å². The maximum atomic E-state index is 11.8. The molecule has 2 aromatic heterocycles. The highest BCUT2D eigenvalue weighted by Gasteiger charge is 2.43. The van der Waals surface area contributed by atoms with E-state index in [1.807, 2.05) is 0 Å². The fourth-order valence-electron chi connectivity index (χ4n) is 2.63. The van der Waals surface area contributed by atoms with Gasteiger partial charge in [-0.25, -0.2) is 18.7 Å². The maximum Gasteiger partial charge on any atom is 0.490 e. The van der Waals surface area contributed by atoms with Crippen molar-refractivity contribution in [3.63, 3.8) is 0 Å². The Bertz CT molecular complexity index is 1120. The molecule has 0 radical (unpaired) electrons. The van der Waals surface area contributed by atoms with E-state index in [1.54, 1.807) is 0 Å². The standard InChI is InChI=1S/C10H15ClN5O12P3/c11-10-14-8(12)7-9(15-10)16(3-13-7)6-1-4(17)5(26-6)2-25-30(21,22)28-31(23,24)27-29(18,19)20/h3-6,17H,1-2H2,(H,21,22)(H,23,24)(H2,12,14,15)(H2,18,19,20). The Kier molecular flexibility index (Phi) is 6.93. The van der Waals surface area contributed by atoms with Crippen LogP contribution in [0.4, 0.5) is 5.82 Å². The molecule has 31 heavy (non-hydrogen) atoms. The number of hydrogen-bond acceptors (Lipinski definition) is 12. The van der Waals surface area contributed by atoms with E-state index in [-0.39, 0.29) is 28.7 Å². The quantitative estimate of drug-likeness (QED) is 0.196. The minimum atomic E-state index is -5.66. The number of phosphoric acid groups is 3. The number of nitrogens with zero attached hydrogens (tertiary/aromatic N) is 4. The van der Waals surface area contributed by atoms with Crippen LogP contribution in [0, 0.1) is 0 Å². The van der Waals surface area contributed by atoms with E-state index < -0.39 is 48.5 Å². The van der Waals surface area contributed by atoms with Crippen LogP contribution in [0.2, 0.25) is 5.28 Å². The molecular formula is C10H15ClN5O12P3. The third-order valence-electron chi connectivity index (χ3n) is 3.75. The summed E-state index contributed by atoms with van der Waals surface area (Å²) in [6.45, 7) is -0.814. The first-order valence-corrected chi connectivity index (χ1v) is 12.8. The lowest BCUT2D eigenvalue weighted by Crippen LogP contribution is -2.26. The van der Waals surface area contributed by atoms with Crippen LogP contribution < -0.4 is 5.73 Å². The van der Waals surface area contributed by atoms with Crippen LogP contribution in [0.15, 0.2) is 6.33 Å². The fraction of sp³-hybridized carbons (Fsp3) is 0.500. The van der Waals surface area contributed by atoms with Crippen molar-refractivity contribution in [1.29, 1.82) is 0 Å². The van der Waals surface area contributed by atoms with Crippen LogP contribution in [-0.2, 0) is 31.6 Å². The molecule has 5 atom stereocenters. The molecule has 174 valence electrons. The van der Waals surface area contributed by atoms with Gasteiger partial charge in [-0.15, -0.1) is 0 Å². The number of aliphatic hydroxyl groups excluding tert-OH is 1. The fourth-order valence-corrected chi connectivity index (χ4v) is 5.83. The zero-order valence-corrected chi connectivity index (χ0v) is 18.3. The Morgan fingerprint density at radius 2 is 1.87 bits per heavy atom. The van der Waals surface area contributed by atoms with Gasteiger partial charge in [0.15, 0.2) is 11.5 Å². The number of nitrogen functional groups attached to an aromatic ring is 1. The van der Waals surface area contributed by atoms with Crippen LogP contribution in [-0.4, -0.2) is 63.0 Å². The number of rotatable bonds is 8. The van der Waals surface area contributed by atoms with Crippen molar-refractivity contribution >= 4 is 52.1 Å². The molecule has 0 spiro atoms. The van der Waals surface area contributed by atoms with Gasteiger partial charge in [-0.2, -0.15) is 18.6 Å². The predicted molar refractivity (Wildman–Crippen MR) is 99.1 cm³/mol. The minimum absolute atomic E-state index is 0.0107. The van der Waals surface area contributed by atoms with Gasteiger partial charge in [0.25, 0.3) is 0 Å². The molecule has 0 aliphatic carbocycles. The zero-order valence-electron chi connectivity index (χ0n) is 14.9. The normalized spacial score (nSPS) is 26.1. The second kappa shape index (κ2) is 8.72. The number of nitrogens with two attached hydrogens (primary N) is 1. The van der Waals surface area contributed by atoms with Crippen molar-refractivity contribution in [2.45, 2.75) is 24.9 Å². The Labute approximate surface area is 177 Å². The van der Waals surface area contributed by atoms with E-state index >= 15 is 0 Å². The molecule has 0 aromatic carbocycles. The summed E-state index contributed by atoms with van der Waals surface area (Å²) in [6.07, 6.45) is -2.07. The lowest BCUT2D eigenvalue weighted by Gasteiger charge is -2.19. The predicted octanol–water partition coefficient (Wildman–Crippen LogP) is 0.0536. The number of imidazole rings is 1. The van der Waals surface area contributed by atoms with E-state index in [9.17, 15) is 23.7 Å². The van der Waals surface area contributed by atoms with Gasteiger partial charge in [0.2, 0.25) is 5.28 Å². The zero-order chi connectivity index (χ0) is 23.2. The molecule has 3 heterocycles. The van der Waals surface area contributed by atoms with Crippen molar-refractivity contribution in [3.8, 4) is 0 Å². The highest BCUT2D eigenvalue weighted by Crippen LogP contribution is 2.66. The monoisotopic (exact) mass is 525 g/mol. The summed E-state index contributed by atoms with van der Waals surface area (Å²) in [6, 6.07) is 0. The van der Waals surface area contributed by atoms with E-state index in [0.29, 0.717) is 0 Å². The van der Waals surface area contributed by atoms with E-state index in [2.05, 4.69) is 28.1 Å². The smallest absolute Gasteiger partial charge is 0.390 e. The summed E-state index contributed by atoms with van der Waals surface area (Å²) >= 11 is 5.78. The third kappa shape index (κ3) is 6.27. The molecule has 0 bridgehead atoms. The molecular weight excluding hydrogens is 511 g/mol. The largest absolute Gasteiger partial charge is 0.490 e. The summed E-state index contributed by atoms with van der Waals surface area (Å²) < 4.78 is 52.3. The Hall–Kier alpha value is -1.03. The molecule has 2 aromatic rings. The van der Waals surface area contributed by atoms with Gasteiger partial charge in [-0.05, 0) is 11.6 Å². The molecule has 21 heteroatoms. The van der Waals surface area contributed by atoms with Gasteiger partial charge in [-0.3, -0.25) is 9.09 Å². The van der Waals surface area contributed by atoms with E-state index in [0.717, 1.165) is 0 Å². The minimum Gasteiger partial charge on any atom is -0.390 e. The molecule has 0 saturated carbocycles. The second-order valence-corrected chi connectivity index (χ2v) is 10.8. The Morgan fingerprint density at radius 3 is 2.52 bits per heavy atom. The average molecular weight is 526 g/mol. The molecule has 7 N–H and O–H groups in total. The highest BCUT2D eigenvalue weighted by atomic mass is 35.5. The Morgan fingerprint density at radius 1 is 1.19 bits per heavy atom. The first-order chi connectivity index (χ1) is 14.2. The van der Waals surface area contributed by atoms with Crippen molar-refractivity contribution in [2.24, 2.45) is 0 Å². The molecule has 1 aliphatic rings. The molecule has 3 rings (SSSR count). The summed E-state index contributed by atoms with van der Waals surface area (Å²) in [4.78, 5) is 47.4. The molecule has 17 nitrogen and oxygen atoms in total. The van der Waals surface area contributed by atoms with Gasteiger partial charge >= 0.3 is 23.5 Å². The highest BCUT2D eigenvalue weighted by molar-refractivity contribution is 7.66. The molecule has 0 amide bonds. The number of anilines is 1. The lowest BCUT2D eigenvalue weighted by molar-refractivity contribution is -0.0423. The van der Waals surface area contributed by atoms with Gasteiger partial charge in [0.05, 0.1) is 19.0 Å². The first-order valence-electron chi connectivity index (χ1n) is 7.93. The third-order valence-corrected chi connectivity index (χ3v) is 7.73. The van der Waals surface area contributed by atoms with Crippen LogP contribution in [0.1, 0.15) is 12.6 Å². The van der Waals surface area contributed by atoms with Crippen molar-refractivity contribution in [2.75, 3.05) is 12.3 Å². The average Bonchev–Trinajstić information content (AvgIpc) is 3.13. The number of halogens is 1. The molecule has 1 aliphatic heterocycles. The SMILES string of the molecule is Nc1nc(Cl)nc2c1ncn2C1CC(O)C(COP(=O)(O)OP(=O)(O)OP(=O)(O)O)O1. The summed E-state index contributed by atoms with van der Waals surface area (Å²) in [5, 5.41) is 10.00. The first kappa shape index (κ1) is 24.6. The number of hydrogen-bond donors (Lipinski definition) is 6.